The first kappa shape index (κ1) is 15.2. The first-order chi connectivity index (χ1) is 10.1. The van der Waals surface area contributed by atoms with Crippen LogP contribution in [0.3, 0.4) is 0 Å². The molecule has 0 aliphatic rings. The van der Waals surface area contributed by atoms with Crippen molar-refractivity contribution in [3.63, 3.8) is 0 Å². The van der Waals surface area contributed by atoms with Gasteiger partial charge < -0.3 is 11.1 Å². The van der Waals surface area contributed by atoms with E-state index in [0.717, 1.165) is 21.0 Å². The summed E-state index contributed by atoms with van der Waals surface area (Å²) in [6.07, 6.45) is 1.80. The Morgan fingerprint density at radius 1 is 1.43 bits per heavy atom. The maximum atomic E-state index is 12.2. The summed E-state index contributed by atoms with van der Waals surface area (Å²) in [6.45, 7) is 4.69. The molecule has 1 aromatic heterocycles. The number of hydrogen-bond donors (Lipinski definition) is 2. The number of thiazole rings is 1. The van der Waals surface area contributed by atoms with Crippen molar-refractivity contribution < 1.29 is 4.79 Å². The highest BCUT2D eigenvalue weighted by Gasteiger charge is 2.08. The average Bonchev–Trinajstić information content (AvgIpc) is 2.89. The van der Waals surface area contributed by atoms with Gasteiger partial charge in [0.2, 0.25) is 0 Å². The van der Waals surface area contributed by atoms with Crippen LogP contribution in [0.2, 0.25) is 0 Å². The zero-order chi connectivity index (χ0) is 15.2. The third-order valence-corrected chi connectivity index (χ3v) is 3.81. The Morgan fingerprint density at radius 2 is 2.24 bits per heavy atom. The van der Waals surface area contributed by atoms with E-state index in [1.807, 2.05) is 19.9 Å². The van der Waals surface area contributed by atoms with Crippen molar-refractivity contribution in [3.8, 4) is 11.8 Å². The summed E-state index contributed by atoms with van der Waals surface area (Å²) in [4.78, 5) is 17.5. The highest BCUT2D eigenvalue weighted by molar-refractivity contribution is 7.11. The minimum atomic E-state index is -0.126. The van der Waals surface area contributed by atoms with Gasteiger partial charge in [-0.2, -0.15) is 0 Å². The lowest BCUT2D eigenvalue weighted by atomic mass is 10.0. The minimum absolute atomic E-state index is 0.126. The number of nitrogens with zero attached hydrogens (tertiary/aromatic N) is 1. The van der Waals surface area contributed by atoms with Crippen LogP contribution in [-0.2, 0) is 6.54 Å². The Labute approximate surface area is 128 Å². The van der Waals surface area contributed by atoms with Gasteiger partial charge in [0.15, 0.2) is 0 Å². The number of carbonyl (C=O) groups excluding carboxylic acids is 1. The molecule has 2 aromatic rings. The molecule has 0 bridgehead atoms. The Hall–Kier alpha value is -2.16. The normalized spacial score (nSPS) is 9.86. The van der Waals surface area contributed by atoms with E-state index in [2.05, 4.69) is 22.1 Å². The molecule has 3 N–H and O–H groups in total. The highest BCUT2D eigenvalue weighted by atomic mass is 32.1. The van der Waals surface area contributed by atoms with Crippen molar-refractivity contribution in [2.75, 3.05) is 6.54 Å². The Balaban J connectivity index is 2.08. The molecule has 1 heterocycles. The fourth-order valence-corrected chi connectivity index (χ4v) is 2.51. The van der Waals surface area contributed by atoms with Crippen LogP contribution in [0.25, 0.3) is 0 Å². The molecule has 21 heavy (non-hydrogen) atoms. The lowest BCUT2D eigenvalue weighted by Crippen LogP contribution is -2.22. The molecule has 0 aliphatic heterocycles. The molecule has 0 atom stereocenters. The van der Waals surface area contributed by atoms with Crippen LogP contribution in [0.15, 0.2) is 24.4 Å². The Morgan fingerprint density at radius 3 is 2.90 bits per heavy atom. The summed E-state index contributed by atoms with van der Waals surface area (Å²) in [5.74, 6) is 5.66. The van der Waals surface area contributed by atoms with Crippen molar-refractivity contribution in [3.05, 3.63) is 51.0 Å². The lowest BCUT2D eigenvalue weighted by Gasteiger charge is -2.05. The second-order valence-corrected chi connectivity index (χ2v) is 5.90. The first-order valence-electron chi connectivity index (χ1n) is 6.59. The molecule has 5 heteroatoms. The third-order valence-electron chi connectivity index (χ3n) is 2.89. The average molecular weight is 299 g/mol. The minimum Gasteiger partial charge on any atom is -0.346 e. The number of rotatable bonds is 3. The van der Waals surface area contributed by atoms with Gasteiger partial charge in [-0.25, -0.2) is 4.98 Å². The molecule has 1 amide bonds. The van der Waals surface area contributed by atoms with E-state index < -0.39 is 0 Å². The molecule has 0 saturated carbocycles. The van der Waals surface area contributed by atoms with Gasteiger partial charge in [0, 0.05) is 22.2 Å². The van der Waals surface area contributed by atoms with Crippen LogP contribution in [0.5, 0.6) is 0 Å². The SMILES string of the molecule is Cc1cnc(CNC(=O)c2ccc(C)c(C#CCN)c2)s1. The molecular formula is C16H17N3OS. The Kier molecular flexibility index (Phi) is 5.09. The van der Waals surface area contributed by atoms with Gasteiger partial charge in [-0.15, -0.1) is 11.3 Å². The predicted octanol–water partition coefficient (Wildman–Crippen LogP) is 2.00. The van der Waals surface area contributed by atoms with Crippen LogP contribution < -0.4 is 11.1 Å². The van der Waals surface area contributed by atoms with Crippen LogP contribution in [0.1, 0.15) is 31.4 Å². The van der Waals surface area contributed by atoms with Crippen molar-refractivity contribution in [1.29, 1.82) is 0 Å². The molecule has 2 rings (SSSR count). The number of amides is 1. The summed E-state index contributed by atoms with van der Waals surface area (Å²) in [6, 6.07) is 5.48. The number of nitrogens with two attached hydrogens (primary N) is 1. The van der Waals surface area contributed by atoms with Crippen LogP contribution in [0.4, 0.5) is 0 Å². The molecule has 0 fully saturated rings. The van der Waals surface area contributed by atoms with E-state index in [4.69, 9.17) is 5.73 Å². The van der Waals surface area contributed by atoms with E-state index in [9.17, 15) is 4.79 Å². The monoisotopic (exact) mass is 299 g/mol. The molecule has 0 aliphatic carbocycles. The quantitative estimate of drug-likeness (QED) is 0.852. The molecule has 1 aromatic carbocycles. The maximum absolute atomic E-state index is 12.2. The standard InChI is InChI=1S/C16H17N3OS/c1-11-5-6-14(8-13(11)4-3-7-17)16(20)19-10-15-18-9-12(2)21-15/h5-6,8-9H,7,10,17H2,1-2H3,(H,19,20). The fraction of sp³-hybridized carbons (Fsp3) is 0.250. The molecule has 0 unspecified atom stereocenters. The number of carbonyl (C=O) groups is 1. The molecular weight excluding hydrogens is 282 g/mol. The van der Waals surface area contributed by atoms with Crippen LogP contribution in [0, 0.1) is 25.7 Å². The van der Waals surface area contributed by atoms with Crippen molar-refractivity contribution in [2.24, 2.45) is 5.73 Å². The summed E-state index contributed by atoms with van der Waals surface area (Å²) in [5.41, 5.74) is 7.83. The topological polar surface area (TPSA) is 68.0 Å². The van der Waals surface area contributed by atoms with Gasteiger partial charge in [-0.3, -0.25) is 4.79 Å². The number of nitrogens with one attached hydrogen (secondary N) is 1. The first-order valence-corrected chi connectivity index (χ1v) is 7.41. The number of benzene rings is 1. The van der Waals surface area contributed by atoms with Crippen molar-refractivity contribution in [2.45, 2.75) is 20.4 Å². The van der Waals surface area contributed by atoms with Gasteiger partial charge in [0.25, 0.3) is 5.91 Å². The van der Waals surface area contributed by atoms with Gasteiger partial charge in [0.1, 0.15) is 5.01 Å². The molecule has 0 spiro atoms. The Bertz CT molecular complexity index is 710. The predicted molar refractivity (Wildman–Crippen MR) is 85.1 cm³/mol. The van der Waals surface area contributed by atoms with Crippen molar-refractivity contribution >= 4 is 17.2 Å². The van der Waals surface area contributed by atoms with Gasteiger partial charge in [0.05, 0.1) is 13.1 Å². The second kappa shape index (κ2) is 7.02. The summed E-state index contributed by atoms with van der Waals surface area (Å²) >= 11 is 1.58. The largest absolute Gasteiger partial charge is 0.346 e. The summed E-state index contributed by atoms with van der Waals surface area (Å²) in [5, 5.41) is 3.77. The van der Waals surface area contributed by atoms with Gasteiger partial charge >= 0.3 is 0 Å². The molecule has 0 saturated heterocycles. The van der Waals surface area contributed by atoms with E-state index in [-0.39, 0.29) is 5.91 Å². The van der Waals surface area contributed by atoms with E-state index >= 15 is 0 Å². The second-order valence-electron chi connectivity index (χ2n) is 4.58. The van der Waals surface area contributed by atoms with Crippen molar-refractivity contribution in [1.82, 2.24) is 10.3 Å². The number of hydrogen-bond acceptors (Lipinski definition) is 4. The molecule has 0 radical (unpaired) electrons. The highest BCUT2D eigenvalue weighted by Crippen LogP contribution is 2.12. The number of aromatic nitrogens is 1. The van der Waals surface area contributed by atoms with Gasteiger partial charge in [-0.1, -0.05) is 17.9 Å². The third kappa shape index (κ3) is 4.15. The fourth-order valence-electron chi connectivity index (χ4n) is 1.79. The molecule has 108 valence electrons. The lowest BCUT2D eigenvalue weighted by molar-refractivity contribution is 0.0951. The van der Waals surface area contributed by atoms with Crippen LogP contribution >= 0.6 is 11.3 Å². The maximum Gasteiger partial charge on any atom is 0.251 e. The summed E-state index contributed by atoms with van der Waals surface area (Å²) < 4.78 is 0. The van der Waals surface area contributed by atoms with E-state index in [1.165, 1.54) is 0 Å². The number of aryl methyl sites for hydroxylation is 2. The zero-order valence-electron chi connectivity index (χ0n) is 12.1. The van der Waals surface area contributed by atoms with E-state index in [1.54, 1.807) is 29.7 Å². The van der Waals surface area contributed by atoms with E-state index in [0.29, 0.717) is 18.7 Å². The smallest absolute Gasteiger partial charge is 0.251 e. The zero-order valence-corrected chi connectivity index (χ0v) is 12.9. The molecule has 4 nitrogen and oxygen atoms in total. The summed E-state index contributed by atoms with van der Waals surface area (Å²) in [7, 11) is 0. The van der Waals surface area contributed by atoms with Crippen LogP contribution in [-0.4, -0.2) is 17.4 Å². The van der Waals surface area contributed by atoms with Gasteiger partial charge in [-0.05, 0) is 31.5 Å².